The first kappa shape index (κ1) is 19.7. The van der Waals surface area contributed by atoms with E-state index in [0.717, 1.165) is 23.4 Å². The molecule has 0 aliphatic rings. The van der Waals surface area contributed by atoms with Crippen LogP contribution in [0.1, 0.15) is 25.3 Å². The number of rotatable bonds is 8. The molecule has 0 aliphatic heterocycles. The molecule has 1 unspecified atom stereocenters. The van der Waals surface area contributed by atoms with Crippen molar-refractivity contribution >= 4 is 24.0 Å². The Balaban J connectivity index is 0.00000400. The summed E-state index contributed by atoms with van der Waals surface area (Å²) in [4.78, 5) is 11.9. The van der Waals surface area contributed by atoms with Crippen molar-refractivity contribution < 1.29 is 14.3 Å². The molecule has 0 fully saturated rings. The highest BCUT2D eigenvalue weighted by atomic mass is 35.5. The van der Waals surface area contributed by atoms with E-state index in [1.807, 2.05) is 25.1 Å². The molecule has 0 aliphatic carbocycles. The molecule has 21 heavy (non-hydrogen) atoms. The van der Waals surface area contributed by atoms with Crippen molar-refractivity contribution in [3.05, 3.63) is 23.8 Å². The van der Waals surface area contributed by atoms with Crippen molar-refractivity contribution in [2.24, 2.45) is 5.73 Å². The van der Waals surface area contributed by atoms with Gasteiger partial charge in [0.1, 0.15) is 5.75 Å². The summed E-state index contributed by atoms with van der Waals surface area (Å²) in [6, 6.07) is 5.62. The number of methoxy groups -OCH3 is 1. The molecule has 0 aromatic heterocycles. The Morgan fingerprint density at radius 1 is 1.43 bits per heavy atom. The average Bonchev–Trinajstić information content (AvgIpc) is 2.45. The molecule has 1 aromatic rings. The number of anilines is 1. The fourth-order valence-electron chi connectivity index (χ4n) is 1.76. The van der Waals surface area contributed by atoms with Crippen LogP contribution in [0.25, 0.3) is 0 Å². The minimum Gasteiger partial charge on any atom is -0.494 e. The monoisotopic (exact) mass is 316 g/mol. The van der Waals surface area contributed by atoms with Gasteiger partial charge in [-0.1, -0.05) is 6.92 Å². The van der Waals surface area contributed by atoms with Gasteiger partial charge in [-0.15, -0.1) is 12.4 Å². The fraction of sp³-hybridized carbons (Fsp3) is 0.533. The number of nitrogens with two attached hydrogens (primary N) is 1. The summed E-state index contributed by atoms with van der Waals surface area (Å²) in [7, 11) is 1.55. The maximum Gasteiger partial charge on any atom is 0.227 e. The zero-order chi connectivity index (χ0) is 15.0. The molecule has 120 valence electrons. The predicted molar refractivity (Wildman–Crippen MR) is 87.3 cm³/mol. The standard InChI is InChI=1S/C15H24N2O3.ClH/c1-4-7-20-12-5-6-14(11(2)8-12)17-15(18)9-13(10-16)19-3;/h5-6,8,13H,4,7,9-10,16H2,1-3H3,(H,17,18);1H. The van der Waals surface area contributed by atoms with Crippen LogP contribution < -0.4 is 15.8 Å². The molecule has 5 nitrogen and oxygen atoms in total. The van der Waals surface area contributed by atoms with Crippen molar-refractivity contribution in [2.45, 2.75) is 32.8 Å². The number of ether oxygens (including phenoxy) is 2. The van der Waals surface area contributed by atoms with Crippen LogP contribution in [0.3, 0.4) is 0 Å². The molecule has 0 saturated heterocycles. The van der Waals surface area contributed by atoms with Crippen LogP contribution in [0.15, 0.2) is 18.2 Å². The quantitative estimate of drug-likeness (QED) is 0.773. The van der Waals surface area contributed by atoms with E-state index in [2.05, 4.69) is 12.2 Å². The van der Waals surface area contributed by atoms with Crippen LogP contribution in [0.5, 0.6) is 5.75 Å². The normalized spacial score (nSPS) is 11.4. The number of nitrogens with one attached hydrogen (secondary N) is 1. The number of hydrogen-bond donors (Lipinski definition) is 2. The molecular weight excluding hydrogens is 292 g/mol. The number of halogens is 1. The molecule has 1 aromatic carbocycles. The van der Waals surface area contributed by atoms with E-state index < -0.39 is 0 Å². The van der Waals surface area contributed by atoms with Gasteiger partial charge >= 0.3 is 0 Å². The third-order valence-corrected chi connectivity index (χ3v) is 2.95. The summed E-state index contributed by atoms with van der Waals surface area (Å²) < 4.78 is 10.6. The van der Waals surface area contributed by atoms with Gasteiger partial charge in [-0.05, 0) is 37.1 Å². The second-order valence-electron chi connectivity index (χ2n) is 4.67. The molecule has 0 bridgehead atoms. The number of aryl methyl sites for hydroxylation is 1. The highest BCUT2D eigenvalue weighted by molar-refractivity contribution is 5.91. The van der Waals surface area contributed by atoms with Gasteiger partial charge in [-0.2, -0.15) is 0 Å². The summed E-state index contributed by atoms with van der Waals surface area (Å²) in [6.45, 7) is 5.01. The minimum absolute atomic E-state index is 0. The van der Waals surface area contributed by atoms with Crippen LogP contribution in [0, 0.1) is 6.92 Å². The SMILES string of the molecule is CCCOc1ccc(NC(=O)CC(CN)OC)c(C)c1.Cl. The predicted octanol–water partition coefficient (Wildman–Crippen LogP) is 2.51. The van der Waals surface area contributed by atoms with Crippen LogP contribution in [0.4, 0.5) is 5.69 Å². The van der Waals surface area contributed by atoms with Crippen LogP contribution >= 0.6 is 12.4 Å². The minimum atomic E-state index is -0.248. The van der Waals surface area contributed by atoms with Gasteiger partial charge in [0.2, 0.25) is 5.91 Å². The van der Waals surface area contributed by atoms with Crippen molar-refractivity contribution in [3.8, 4) is 5.75 Å². The van der Waals surface area contributed by atoms with Crippen molar-refractivity contribution in [1.29, 1.82) is 0 Å². The Morgan fingerprint density at radius 2 is 2.14 bits per heavy atom. The topological polar surface area (TPSA) is 73.6 Å². The Kier molecular flexibility index (Phi) is 9.78. The zero-order valence-electron chi connectivity index (χ0n) is 12.8. The second kappa shape index (κ2) is 10.4. The molecular formula is C15H25ClN2O3. The zero-order valence-corrected chi connectivity index (χ0v) is 13.7. The molecule has 6 heteroatoms. The summed E-state index contributed by atoms with van der Waals surface area (Å²) in [6.07, 6.45) is 0.970. The number of carbonyl (C=O) groups excluding carboxylic acids is 1. The maximum atomic E-state index is 11.9. The van der Waals surface area contributed by atoms with E-state index in [1.165, 1.54) is 0 Å². The van der Waals surface area contributed by atoms with E-state index in [0.29, 0.717) is 13.2 Å². The van der Waals surface area contributed by atoms with Gasteiger partial charge < -0.3 is 20.5 Å². The van der Waals surface area contributed by atoms with E-state index in [4.69, 9.17) is 15.2 Å². The van der Waals surface area contributed by atoms with Crippen molar-refractivity contribution in [1.82, 2.24) is 0 Å². The van der Waals surface area contributed by atoms with Gasteiger partial charge in [0.25, 0.3) is 0 Å². The van der Waals surface area contributed by atoms with Crippen molar-refractivity contribution in [3.63, 3.8) is 0 Å². The Hall–Kier alpha value is -1.30. The van der Waals surface area contributed by atoms with E-state index in [9.17, 15) is 4.79 Å². The third kappa shape index (κ3) is 6.80. The highest BCUT2D eigenvalue weighted by Crippen LogP contribution is 2.21. The average molecular weight is 317 g/mol. The van der Waals surface area contributed by atoms with Gasteiger partial charge in [-0.3, -0.25) is 4.79 Å². The molecule has 3 N–H and O–H groups in total. The summed E-state index contributed by atoms with van der Waals surface area (Å²) in [5.41, 5.74) is 7.25. The van der Waals surface area contributed by atoms with Crippen LogP contribution in [0.2, 0.25) is 0 Å². The van der Waals surface area contributed by atoms with Gasteiger partial charge in [0, 0.05) is 19.3 Å². The van der Waals surface area contributed by atoms with Gasteiger partial charge in [0.15, 0.2) is 0 Å². The fourth-order valence-corrected chi connectivity index (χ4v) is 1.76. The Bertz CT molecular complexity index is 437. The lowest BCUT2D eigenvalue weighted by atomic mass is 10.1. The number of amides is 1. The van der Waals surface area contributed by atoms with E-state index in [-0.39, 0.29) is 30.8 Å². The lowest BCUT2D eigenvalue weighted by Gasteiger charge is -2.14. The molecule has 0 spiro atoms. The maximum absolute atomic E-state index is 11.9. The Labute approximate surface area is 132 Å². The molecule has 1 rings (SSSR count). The largest absolute Gasteiger partial charge is 0.494 e. The molecule has 0 heterocycles. The smallest absolute Gasteiger partial charge is 0.227 e. The third-order valence-electron chi connectivity index (χ3n) is 2.95. The summed E-state index contributed by atoms with van der Waals surface area (Å²) >= 11 is 0. The van der Waals surface area contributed by atoms with E-state index >= 15 is 0 Å². The Morgan fingerprint density at radius 3 is 2.67 bits per heavy atom. The molecule has 0 saturated carbocycles. The number of benzene rings is 1. The summed E-state index contributed by atoms with van der Waals surface area (Å²) in [5, 5.41) is 2.86. The summed E-state index contributed by atoms with van der Waals surface area (Å²) in [5.74, 6) is 0.715. The van der Waals surface area contributed by atoms with Gasteiger partial charge in [-0.25, -0.2) is 0 Å². The second-order valence-corrected chi connectivity index (χ2v) is 4.67. The first-order valence-electron chi connectivity index (χ1n) is 6.86. The lowest BCUT2D eigenvalue weighted by molar-refractivity contribution is -0.118. The molecule has 1 atom stereocenters. The van der Waals surface area contributed by atoms with Crippen molar-refractivity contribution in [2.75, 3.05) is 25.6 Å². The number of hydrogen-bond acceptors (Lipinski definition) is 4. The number of carbonyl (C=O) groups is 1. The first-order chi connectivity index (χ1) is 9.60. The molecule has 1 amide bonds. The van der Waals surface area contributed by atoms with Crippen LogP contribution in [-0.2, 0) is 9.53 Å². The highest BCUT2D eigenvalue weighted by Gasteiger charge is 2.12. The van der Waals surface area contributed by atoms with E-state index in [1.54, 1.807) is 7.11 Å². The van der Waals surface area contributed by atoms with Crippen LogP contribution in [-0.4, -0.2) is 32.3 Å². The first-order valence-corrected chi connectivity index (χ1v) is 6.86. The van der Waals surface area contributed by atoms with Gasteiger partial charge in [0.05, 0.1) is 19.1 Å². The lowest BCUT2D eigenvalue weighted by Crippen LogP contribution is -2.28. The molecule has 0 radical (unpaired) electrons.